The maximum absolute atomic E-state index is 5.26. The number of hydrogen-bond acceptors (Lipinski definition) is 5. The number of nitrogens with one attached hydrogen (secondary N) is 1. The van der Waals surface area contributed by atoms with Crippen molar-refractivity contribution in [3.63, 3.8) is 0 Å². The zero-order chi connectivity index (χ0) is 21.2. The van der Waals surface area contributed by atoms with Crippen LogP contribution in [-0.4, -0.2) is 52.9 Å². The molecule has 160 valence electrons. The predicted octanol–water partition coefficient (Wildman–Crippen LogP) is 3.23. The standard InChI is InChI=1S/C22H30N6OS/c1-4-21-26-25-17-28(21)14-13-24-22(23-12-11-20-6-5-15-30-20)27(2)16-18-7-9-19(29-3)10-8-18/h5-10,15,17H,4,11-14,16H2,1-3H3,(H,23,24). The van der Waals surface area contributed by atoms with Crippen molar-refractivity contribution in [2.45, 2.75) is 32.9 Å². The molecule has 3 aromatic rings. The molecular weight excluding hydrogens is 396 g/mol. The Kier molecular flexibility index (Phi) is 8.26. The van der Waals surface area contributed by atoms with Crippen molar-refractivity contribution in [1.82, 2.24) is 25.0 Å². The van der Waals surface area contributed by atoms with Gasteiger partial charge in [-0.3, -0.25) is 4.99 Å². The van der Waals surface area contributed by atoms with Crippen molar-refractivity contribution in [1.29, 1.82) is 0 Å². The normalized spacial score (nSPS) is 11.5. The van der Waals surface area contributed by atoms with E-state index >= 15 is 0 Å². The Balaban J connectivity index is 1.62. The number of benzene rings is 1. The summed E-state index contributed by atoms with van der Waals surface area (Å²) in [5.74, 6) is 2.76. The second kappa shape index (κ2) is 11.3. The molecule has 0 amide bonds. The Morgan fingerprint density at radius 2 is 2.10 bits per heavy atom. The van der Waals surface area contributed by atoms with Crippen LogP contribution in [0.3, 0.4) is 0 Å². The van der Waals surface area contributed by atoms with Gasteiger partial charge in [0.15, 0.2) is 5.96 Å². The van der Waals surface area contributed by atoms with Gasteiger partial charge < -0.3 is 19.5 Å². The lowest BCUT2D eigenvalue weighted by Gasteiger charge is -2.23. The molecule has 0 fully saturated rings. The first-order valence-corrected chi connectivity index (χ1v) is 11.1. The first-order chi connectivity index (χ1) is 14.7. The molecule has 30 heavy (non-hydrogen) atoms. The van der Waals surface area contributed by atoms with Crippen molar-refractivity contribution in [2.75, 3.05) is 27.2 Å². The second-order valence-electron chi connectivity index (χ2n) is 6.96. The minimum absolute atomic E-state index is 0.753. The summed E-state index contributed by atoms with van der Waals surface area (Å²) in [5, 5.41) is 13.8. The number of aryl methyl sites for hydroxylation is 1. The van der Waals surface area contributed by atoms with Crippen LogP contribution in [0.25, 0.3) is 0 Å². The Hall–Kier alpha value is -2.87. The Labute approximate surface area is 182 Å². The Bertz CT molecular complexity index is 904. The van der Waals surface area contributed by atoms with Gasteiger partial charge in [-0.2, -0.15) is 0 Å². The van der Waals surface area contributed by atoms with Gasteiger partial charge in [0.25, 0.3) is 0 Å². The van der Waals surface area contributed by atoms with Crippen LogP contribution >= 0.6 is 11.3 Å². The molecular formula is C22H30N6OS. The zero-order valence-electron chi connectivity index (χ0n) is 17.9. The third-order valence-corrected chi connectivity index (χ3v) is 5.72. The molecule has 1 aromatic carbocycles. The molecule has 1 N–H and O–H groups in total. The largest absolute Gasteiger partial charge is 0.497 e. The van der Waals surface area contributed by atoms with Gasteiger partial charge in [-0.05, 0) is 29.1 Å². The van der Waals surface area contributed by atoms with Crippen LogP contribution in [0.2, 0.25) is 0 Å². The molecule has 8 heteroatoms. The number of thiophene rings is 1. The first kappa shape index (κ1) is 21.8. The molecule has 0 spiro atoms. The predicted molar refractivity (Wildman–Crippen MR) is 122 cm³/mol. The van der Waals surface area contributed by atoms with E-state index in [0.717, 1.165) is 56.6 Å². The monoisotopic (exact) mass is 426 g/mol. The van der Waals surface area contributed by atoms with Gasteiger partial charge in [0.1, 0.15) is 17.9 Å². The summed E-state index contributed by atoms with van der Waals surface area (Å²) >= 11 is 1.78. The van der Waals surface area contributed by atoms with Crippen molar-refractivity contribution in [3.8, 4) is 5.75 Å². The molecule has 0 atom stereocenters. The van der Waals surface area contributed by atoms with Crippen LogP contribution in [0.15, 0.2) is 53.1 Å². The number of aliphatic imine (C=N–C) groups is 1. The summed E-state index contributed by atoms with van der Waals surface area (Å²) in [6.45, 7) is 5.17. The smallest absolute Gasteiger partial charge is 0.194 e. The number of guanidine groups is 1. The summed E-state index contributed by atoms with van der Waals surface area (Å²) in [6, 6.07) is 12.4. The van der Waals surface area contributed by atoms with E-state index in [0.29, 0.717) is 0 Å². The van der Waals surface area contributed by atoms with Gasteiger partial charge >= 0.3 is 0 Å². The molecule has 0 aliphatic rings. The SMILES string of the molecule is CCc1nncn1CCNC(=NCCc1cccs1)N(C)Cc1ccc(OC)cc1. The molecule has 0 radical (unpaired) electrons. The van der Waals surface area contributed by atoms with Crippen LogP contribution in [0, 0.1) is 0 Å². The minimum Gasteiger partial charge on any atom is -0.497 e. The highest BCUT2D eigenvalue weighted by molar-refractivity contribution is 7.09. The van der Waals surface area contributed by atoms with Gasteiger partial charge in [0.2, 0.25) is 0 Å². The Morgan fingerprint density at radius 1 is 1.27 bits per heavy atom. The van der Waals surface area contributed by atoms with Gasteiger partial charge in [-0.25, -0.2) is 0 Å². The number of nitrogens with zero attached hydrogens (tertiary/aromatic N) is 5. The van der Waals surface area contributed by atoms with Crippen LogP contribution in [0.1, 0.15) is 23.2 Å². The highest BCUT2D eigenvalue weighted by Gasteiger charge is 2.09. The van der Waals surface area contributed by atoms with E-state index in [1.165, 1.54) is 10.4 Å². The van der Waals surface area contributed by atoms with Crippen molar-refractivity contribution in [3.05, 3.63) is 64.4 Å². The molecule has 0 aliphatic heterocycles. The third-order valence-electron chi connectivity index (χ3n) is 4.79. The van der Waals surface area contributed by atoms with E-state index < -0.39 is 0 Å². The highest BCUT2D eigenvalue weighted by atomic mass is 32.1. The van der Waals surface area contributed by atoms with Crippen molar-refractivity contribution in [2.24, 2.45) is 4.99 Å². The first-order valence-electron chi connectivity index (χ1n) is 10.2. The quantitative estimate of drug-likeness (QED) is 0.398. The van der Waals surface area contributed by atoms with Gasteiger partial charge in [-0.15, -0.1) is 21.5 Å². The lowest BCUT2D eigenvalue weighted by atomic mass is 10.2. The fraction of sp³-hybridized carbons (Fsp3) is 0.409. The van der Waals surface area contributed by atoms with Gasteiger partial charge in [0, 0.05) is 50.9 Å². The van der Waals surface area contributed by atoms with Gasteiger partial charge in [-0.1, -0.05) is 25.1 Å². The topological polar surface area (TPSA) is 67.6 Å². The third kappa shape index (κ3) is 6.32. The van der Waals surface area contributed by atoms with E-state index in [2.05, 4.69) is 68.6 Å². The fourth-order valence-electron chi connectivity index (χ4n) is 3.15. The second-order valence-corrected chi connectivity index (χ2v) is 7.99. The van der Waals surface area contributed by atoms with Crippen LogP contribution in [0.4, 0.5) is 0 Å². The molecule has 0 unspecified atom stereocenters. The van der Waals surface area contributed by atoms with Crippen molar-refractivity contribution < 1.29 is 4.74 Å². The number of aromatic nitrogens is 3. The number of hydrogen-bond donors (Lipinski definition) is 1. The van der Waals surface area contributed by atoms with E-state index in [1.807, 2.05) is 12.1 Å². The summed E-state index contributed by atoms with van der Waals surface area (Å²) in [6.07, 6.45) is 3.61. The lowest BCUT2D eigenvalue weighted by molar-refractivity contribution is 0.414. The van der Waals surface area contributed by atoms with Crippen molar-refractivity contribution >= 4 is 17.3 Å². The van der Waals surface area contributed by atoms with Gasteiger partial charge in [0.05, 0.1) is 7.11 Å². The number of methoxy groups -OCH3 is 1. The molecule has 2 aromatic heterocycles. The average Bonchev–Trinajstić information content (AvgIpc) is 3.45. The fourth-order valence-corrected chi connectivity index (χ4v) is 3.84. The molecule has 2 heterocycles. The molecule has 0 aliphatic carbocycles. The summed E-state index contributed by atoms with van der Waals surface area (Å²) < 4.78 is 7.34. The number of rotatable bonds is 10. The minimum atomic E-state index is 0.753. The molecule has 0 bridgehead atoms. The maximum Gasteiger partial charge on any atom is 0.194 e. The molecule has 7 nitrogen and oxygen atoms in total. The van der Waals surface area contributed by atoms with E-state index in [9.17, 15) is 0 Å². The molecule has 0 saturated carbocycles. The van der Waals surface area contributed by atoms with E-state index in [4.69, 9.17) is 9.73 Å². The van der Waals surface area contributed by atoms with Crippen LogP contribution < -0.4 is 10.1 Å². The Morgan fingerprint density at radius 3 is 2.80 bits per heavy atom. The average molecular weight is 427 g/mol. The number of ether oxygens (including phenoxy) is 1. The van der Waals surface area contributed by atoms with E-state index in [-0.39, 0.29) is 0 Å². The molecule has 3 rings (SSSR count). The lowest BCUT2D eigenvalue weighted by Crippen LogP contribution is -2.40. The summed E-state index contributed by atoms with van der Waals surface area (Å²) in [5.41, 5.74) is 1.21. The zero-order valence-corrected chi connectivity index (χ0v) is 18.7. The van der Waals surface area contributed by atoms with E-state index in [1.54, 1.807) is 24.8 Å². The summed E-state index contributed by atoms with van der Waals surface area (Å²) in [7, 11) is 3.75. The van der Waals surface area contributed by atoms with Crippen LogP contribution in [-0.2, 0) is 25.9 Å². The maximum atomic E-state index is 5.26. The summed E-state index contributed by atoms with van der Waals surface area (Å²) in [4.78, 5) is 8.37. The van der Waals surface area contributed by atoms with Crippen LogP contribution in [0.5, 0.6) is 5.75 Å². The highest BCUT2D eigenvalue weighted by Crippen LogP contribution is 2.13. The molecule has 0 saturated heterocycles.